The van der Waals surface area contributed by atoms with Gasteiger partial charge in [-0.2, -0.15) is 0 Å². The Morgan fingerprint density at radius 1 is 1.48 bits per heavy atom. The smallest absolute Gasteiger partial charge is 0.328 e. The summed E-state index contributed by atoms with van der Waals surface area (Å²) < 4.78 is 1.44. The van der Waals surface area contributed by atoms with Gasteiger partial charge in [0.1, 0.15) is 0 Å². The number of hydrogen-bond donors (Lipinski definition) is 2. The Balaban J connectivity index is 2.25. The molecule has 6 nitrogen and oxygen atoms in total. The van der Waals surface area contributed by atoms with Crippen LogP contribution in [0.4, 0.5) is 0 Å². The van der Waals surface area contributed by atoms with Gasteiger partial charge in [-0.3, -0.25) is 14.3 Å². The van der Waals surface area contributed by atoms with E-state index < -0.39 is 11.7 Å². The quantitative estimate of drug-likeness (QED) is 0.815. The Morgan fingerprint density at radius 3 is 2.90 bits per heavy atom. The van der Waals surface area contributed by atoms with Crippen LogP contribution in [0.15, 0.2) is 33.3 Å². The monoisotopic (exact) mass is 306 g/mol. The van der Waals surface area contributed by atoms with Crippen molar-refractivity contribution in [1.29, 1.82) is 0 Å². The molecule has 0 fully saturated rings. The van der Waals surface area contributed by atoms with Crippen LogP contribution < -0.4 is 11.2 Å². The van der Waals surface area contributed by atoms with Gasteiger partial charge in [0.05, 0.1) is 6.54 Å². The average Bonchev–Trinajstić information content (AvgIpc) is 2.87. The Labute approximate surface area is 124 Å². The lowest BCUT2D eigenvalue weighted by atomic mass is 10.2. The van der Waals surface area contributed by atoms with Gasteiger partial charge in [-0.25, -0.2) is 9.59 Å². The number of nitrogens with one attached hydrogen (secondary N) is 1. The normalized spacial score (nSPS) is 11.1. The van der Waals surface area contributed by atoms with E-state index in [2.05, 4.69) is 4.98 Å². The maximum atomic E-state index is 11.8. The molecular formula is C14H14N2O4S. The topological polar surface area (TPSA) is 92.2 Å². The summed E-state index contributed by atoms with van der Waals surface area (Å²) in [6, 6.07) is 1.81. The molecular weight excluding hydrogens is 292 g/mol. The van der Waals surface area contributed by atoms with Crippen molar-refractivity contribution >= 4 is 23.4 Å². The third-order valence-electron chi connectivity index (χ3n) is 2.88. The van der Waals surface area contributed by atoms with Crippen LogP contribution in [0.5, 0.6) is 0 Å². The Morgan fingerprint density at radius 2 is 2.24 bits per heavy atom. The molecule has 0 saturated carbocycles. The van der Waals surface area contributed by atoms with Crippen LogP contribution in [0, 0.1) is 0 Å². The van der Waals surface area contributed by atoms with Gasteiger partial charge in [0.15, 0.2) is 0 Å². The van der Waals surface area contributed by atoms with Crippen LogP contribution in [-0.2, 0) is 17.8 Å². The second-order valence-corrected chi connectivity index (χ2v) is 5.41. The molecule has 110 valence electrons. The number of thiophene rings is 1. The van der Waals surface area contributed by atoms with Crippen molar-refractivity contribution in [2.45, 2.75) is 19.9 Å². The first-order chi connectivity index (χ1) is 9.99. The summed E-state index contributed by atoms with van der Waals surface area (Å²) >= 11 is 1.43. The van der Waals surface area contributed by atoms with Gasteiger partial charge < -0.3 is 5.11 Å². The second kappa shape index (κ2) is 6.36. The van der Waals surface area contributed by atoms with E-state index in [1.807, 2.05) is 18.4 Å². The molecule has 0 bridgehead atoms. The molecule has 0 aromatic carbocycles. The van der Waals surface area contributed by atoms with Crippen molar-refractivity contribution < 1.29 is 9.90 Å². The van der Waals surface area contributed by atoms with E-state index in [1.54, 1.807) is 6.20 Å². The summed E-state index contributed by atoms with van der Waals surface area (Å²) in [5.41, 5.74) is 0.519. The van der Waals surface area contributed by atoms with Crippen LogP contribution in [0.3, 0.4) is 0 Å². The summed E-state index contributed by atoms with van der Waals surface area (Å²) in [6.07, 6.45) is 4.67. The van der Waals surface area contributed by atoms with Gasteiger partial charge in [0.25, 0.3) is 5.56 Å². The van der Waals surface area contributed by atoms with Gasteiger partial charge in [0.2, 0.25) is 0 Å². The van der Waals surface area contributed by atoms with Crippen LogP contribution in [0.2, 0.25) is 0 Å². The Hall–Kier alpha value is -2.41. The lowest BCUT2D eigenvalue weighted by Gasteiger charge is -2.04. The van der Waals surface area contributed by atoms with Crippen molar-refractivity contribution in [3.8, 4) is 0 Å². The first-order valence-corrected chi connectivity index (χ1v) is 7.18. The molecule has 7 heteroatoms. The fourth-order valence-corrected chi connectivity index (χ4v) is 2.68. The molecule has 0 aliphatic carbocycles. The zero-order valence-corrected chi connectivity index (χ0v) is 12.1. The van der Waals surface area contributed by atoms with Crippen LogP contribution in [0.25, 0.3) is 6.08 Å². The molecule has 2 aromatic heterocycles. The fraction of sp³-hybridized carbons (Fsp3) is 0.214. The highest BCUT2D eigenvalue weighted by molar-refractivity contribution is 7.10. The van der Waals surface area contributed by atoms with E-state index >= 15 is 0 Å². The van der Waals surface area contributed by atoms with Gasteiger partial charge in [0, 0.05) is 22.7 Å². The highest BCUT2D eigenvalue weighted by Gasteiger charge is 2.05. The predicted octanol–water partition coefficient (Wildman–Crippen LogP) is 1.31. The maximum Gasteiger partial charge on any atom is 0.328 e. The number of carboxylic acids is 1. The number of H-pyrrole nitrogens is 1. The Kier molecular flexibility index (Phi) is 4.54. The van der Waals surface area contributed by atoms with E-state index in [9.17, 15) is 14.4 Å². The van der Waals surface area contributed by atoms with E-state index in [0.717, 1.165) is 16.5 Å². The van der Waals surface area contributed by atoms with Gasteiger partial charge in [-0.1, -0.05) is 6.92 Å². The van der Waals surface area contributed by atoms with E-state index in [0.29, 0.717) is 18.5 Å². The first kappa shape index (κ1) is 15.0. The van der Waals surface area contributed by atoms with Crippen molar-refractivity contribution in [2.24, 2.45) is 0 Å². The summed E-state index contributed by atoms with van der Waals surface area (Å²) in [7, 11) is 0. The molecule has 0 saturated heterocycles. The minimum atomic E-state index is -1.01. The van der Waals surface area contributed by atoms with E-state index in [4.69, 9.17) is 5.11 Å². The molecule has 0 unspecified atom stereocenters. The summed E-state index contributed by atoms with van der Waals surface area (Å²) in [5, 5.41) is 10.4. The number of carbonyl (C=O) groups is 1. The lowest BCUT2D eigenvalue weighted by Crippen LogP contribution is -2.31. The zero-order valence-electron chi connectivity index (χ0n) is 11.3. The summed E-state index contributed by atoms with van der Waals surface area (Å²) in [4.78, 5) is 36.9. The fourth-order valence-electron chi connectivity index (χ4n) is 1.83. The van der Waals surface area contributed by atoms with Crippen LogP contribution in [0.1, 0.15) is 22.9 Å². The molecule has 0 aliphatic rings. The highest BCUT2D eigenvalue weighted by Crippen LogP contribution is 2.16. The minimum absolute atomic E-state index is 0.341. The van der Waals surface area contributed by atoms with Gasteiger partial charge in [-0.15, -0.1) is 11.3 Å². The molecule has 2 aromatic rings. The molecule has 0 atom stereocenters. The van der Waals surface area contributed by atoms with Gasteiger partial charge >= 0.3 is 11.7 Å². The average molecular weight is 306 g/mol. The standard InChI is InChI=1S/C14H14N2O4S/c1-2-10-6-16(14(20)15-13(10)19)7-11-5-9(8-21-11)3-4-12(17)18/h3-6,8H,2,7H2,1H3,(H,17,18)(H,15,19,20). The molecule has 2 N–H and O–H groups in total. The molecule has 0 spiro atoms. The van der Waals surface area contributed by atoms with E-state index in [1.165, 1.54) is 22.0 Å². The van der Waals surface area contributed by atoms with Crippen molar-refractivity contribution in [3.63, 3.8) is 0 Å². The number of hydrogen-bond acceptors (Lipinski definition) is 4. The lowest BCUT2D eigenvalue weighted by molar-refractivity contribution is -0.131. The minimum Gasteiger partial charge on any atom is -0.478 e. The molecule has 0 amide bonds. The van der Waals surface area contributed by atoms with Crippen molar-refractivity contribution in [3.05, 3.63) is 60.6 Å². The maximum absolute atomic E-state index is 11.8. The molecule has 0 aliphatic heterocycles. The third-order valence-corrected chi connectivity index (χ3v) is 3.82. The zero-order chi connectivity index (χ0) is 15.4. The van der Waals surface area contributed by atoms with Crippen LogP contribution in [-0.4, -0.2) is 20.6 Å². The highest BCUT2D eigenvalue weighted by atomic mass is 32.1. The number of carboxylic acid groups (broad SMARTS) is 1. The Bertz CT molecular complexity index is 798. The number of nitrogens with zero attached hydrogens (tertiary/aromatic N) is 1. The SMILES string of the molecule is CCc1cn(Cc2cc(C=CC(=O)O)cs2)c(=O)[nH]c1=O. The van der Waals surface area contributed by atoms with Crippen molar-refractivity contribution in [1.82, 2.24) is 9.55 Å². The molecule has 0 radical (unpaired) electrons. The second-order valence-electron chi connectivity index (χ2n) is 4.41. The number of aryl methyl sites for hydroxylation is 1. The molecule has 2 rings (SSSR count). The first-order valence-electron chi connectivity index (χ1n) is 6.30. The van der Waals surface area contributed by atoms with E-state index in [-0.39, 0.29) is 5.56 Å². The van der Waals surface area contributed by atoms with Crippen LogP contribution >= 0.6 is 11.3 Å². The predicted molar refractivity (Wildman–Crippen MR) is 80.8 cm³/mol. The summed E-state index contributed by atoms with van der Waals surface area (Å²) in [6.45, 7) is 2.19. The molecule has 21 heavy (non-hydrogen) atoms. The third kappa shape index (κ3) is 3.79. The number of aliphatic carboxylic acids is 1. The largest absolute Gasteiger partial charge is 0.478 e. The number of rotatable bonds is 5. The summed E-state index contributed by atoms with van der Waals surface area (Å²) in [5.74, 6) is -1.01. The molecule has 2 heterocycles. The van der Waals surface area contributed by atoms with Crippen molar-refractivity contribution in [2.75, 3.05) is 0 Å². The number of aromatic nitrogens is 2. The number of aromatic amines is 1. The van der Waals surface area contributed by atoms with Gasteiger partial charge in [-0.05, 0) is 29.5 Å².